The summed E-state index contributed by atoms with van der Waals surface area (Å²) in [5.41, 5.74) is 3.73. The van der Waals surface area contributed by atoms with Crippen LogP contribution < -0.4 is 11.3 Å². The Labute approximate surface area is 104 Å². The molecular weight excluding hydrogens is 271 g/mol. The topological polar surface area (TPSA) is 38.0 Å². The molecule has 0 spiro atoms. The van der Waals surface area contributed by atoms with Crippen LogP contribution in [0.25, 0.3) is 0 Å². The molecule has 0 heterocycles. The van der Waals surface area contributed by atoms with E-state index in [4.69, 9.17) is 5.84 Å². The highest BCUT2D eigenvalue weighted by atomic mass is 79.9. The Kier molecular flexibility index (Phi) is 5.66. The number of nitrogens with two attached hydrogens (primary N) is 1. The summed E-state index contributed by atoms with van der Waals surface area (Å²) >= 11 is 3.17. The Hall–Kier alpha value is -0.710. The molecule has 1 rings (SSSR count). The van der Waals surface area contributed by atoms with Crippen molar-refractivity contribution in [1.29, 1.82) is 0 Å². The zero-order chi connectivity index (χ0) is 12.0. The van der Waals surface area contributed by atoms with E-state index in [-0.39, 0.29) is 11.9 Å². The van der Waals surface area contributed by atoms with E-state index in [0.29, 0.717) is 4.47 Å². The number of rotatable bonds is 6. The lowest BCUT2D eigenvalue weighted by Crippen LogP contribution is -2.28. The second kappa shape index (κ2) is 6.78. The summed E-state index contributed by atoms with van der Waals surface area (Å²) in [7, 11) is 0. The Morgan fingerprint density at radius 3 is 2.88 bits per heavy atom. The maximum Gasteiger partial charge on any atom is 0.137 e. The van der Waals surface area contributed by atoms with Crippen LogP contribution in [0.3, 0.4) is 0 Å². The van der Waals surface area contributed by atoms with Gasteiger partial charge in [0.15, 0.2) is 0 Å². The van der Waals surface area contributed by atoms with E-state index in [0.717, 1.165) is 24.8 Å². The third-order valence-electron chi connectivity index (χ3n) is 2.45. The molecule has 3 N–H and O–H groups in total. The Bertz CT molecular complexity index is 355. The first-order valence-electron chi connectivity index (χ1n) is 5.21. The summed E-state index contributed by atoms with van der Waals surface area (Å²) in [6.07, 6.45) is 4.75. The van der Waals surface area contributed by atoms with Crippen LogP contribution in [0.5, 0.6) is 0 Å². The molecule has 0 fully saturated rings. The summed E-state index contributed by atoms with van der Waals surface area (Å²) in [5, 5.41) is 0. The van der Waals surface area contributed by atoms with Gasteiger partial charge in [-0.2, -0.15) is 0 Å². The first-order chi connectivity index (χ1) is 7.69. The standard InChI is InChI=1S/C12H16BrFN2/c1-2-3-4-5-12(16-15)9-6-7-11(14)10(13)8-9/h2,6-8,12,16H,1,3-5,15H2. The fraction of sp³-hybridized carbons (Fsp3) is 0.333. The van der Waals surface area contributed by atoms with Crippen molar-refractivity contribution in [2.24, 2.45) is 5.84 Å². The van der Waals surface area contributed by atoms with Crippen molar-refractivity contribution in [3.05, 3.63) is 46.7 Å². The van der Waals surface area contributed by atoms with E-state index in [2.05, 4.69) is 27.9 Å². The average Bonchev–Trinajstić information content (AvgIpc) is 2.29. The molecule has 0 amide bonds. The van der Waals surface area contributed by atoms with Gasteiger partial charge in [-0.1, -0.05) is 12.1 Å². The van der Waals surface area contributed by atoms with Gasteiger partial charge in [-0.15, -0.1) is 6.58 Å². The van der Waals surface area contributed by atoms with Gasteiger partial charge in [-0.3, -0.25) is 11.3 Å². The molecule has 0 aliphatic carbocycles. The van der Waals surface area contributed by atoms with Crippen LogP contribution in [-0.2, 0) is 0 Å². The third kappa shape index (κ3) is 3.70. The van der Waals surface area contributed by atoms with Gasteiger partial charge in [0.2, 0.25) is 0 Å². The molecular formula is C12H16BrFN2. The van der Waals surface area contributed by atoms with Crippen molar-refractivity contribution in [2.45, 2.75) is 25.3 Å². The number of benzene rings is 1. The minimum Gasteiger partial charge on any atom is -0.271 e. The fourth-order valence-electron chi connectivity index (χ4n) is 1.54. The molecule has 1 unspecified atom stereocenters. The number of nitrogens with one attached hydrogen (secondary N) is 1. The summed E-state index contributed by atoms with van der Waals surface area (Å²) in [6, 6.07) is 5.00. The van der Waals surface area contributed by atoms with Gasteiger partial charge < -0.3 is 0 Å². The molecule has 1 aromatic rings. The maximum atomic E-state index is 13.1. The number of allylic oxidation sites excluding steroid dienone is 1. The highest BCUT2D eigenvalue weighted by Gasteiger charge is 2.10. The van der Waals surface area contributed by atoms with E-state index < -0.39 is 0 Å². The Morgan fingerprint density at radius 2 is 2.31 bits per heavy atom. The van der Waals surface area contributed by atoms with Crippen LogP contribution >= 0.6 is 15.9 Å². The van der Waals surface area contributed by atoms with Crippen LogP contribution in [0.2, 0.25) is 0 Å². The summed E-state index contributed by atoms with van der Waals surface area (Å²) in [6.45, 7) is 3.67. The largest absolute Gasteiger partial charge is 0.271 e. The first kappa shape index (κ1) is 13.4. The van der Waals surface area contributed by atoms with E-state index in [1.54, 1.807) is 12.1 Å². The summed E-state index contributed by atoms with van der Waals surface area (Å²) in [5.74, 6) is 5.23. The van der Waals surface area contributed by atoms with Crippen molar-refractivity contribution in [1.82, 2.24) is 5.43 Å². The SMILES string of the molecule is C=CCCCC(NN)c1ccc(F)c(Br)c1. The molecule has 0 saturated carbocycles. The lowest BCUT2D eigenvalue weighted by atomic mass is 10.0. The number of halogens is 2. The van der Waals surface area contributed by atoms with Crippen LogP contribution in [0, 0.1) is 5.82 Å². The van der Waals surface area contributed by atoms with Crippen molar-refractivity contribution in [3.8, 4) is 0 Å². The zero-order valence-corrected chi connectivity index (χ0v) is 10.6. The number of hydrogen-bond donors (Lipinski definition) is 2. The highest BCUT2D eigenvalue weighted by Crippen LogP contribution is 2.24. The molecule has 0 aliphatic rings. The Balaban J connectivity index is 2.70. The molecule has 0 aromatic heterocycles. The first-order valence-corrected chi connectivity index (χ1v) is 6.00. The quantitative estimate of drug-likeness (QED) is 0.364. The van der Waals surface area contributed by atoms with E-state index >= 15 is 0 Å². The van der Waals surface area contributed by atoms with Gasteiger partial charge in [0.05, 0.1) is 4.47 Å². The predicted molar refractivity (Wildman–Crippen MR) is 68.2 cm³/mol. The normalized spacial score (nSPS) is 12.4. The molecule has 4 heteroatoms. The summed E-state index contributed by atoms with van der Waals surface area (Å²) in [4.78, 5) is 0. The van der Waals surface area contributed by atoms with Gasteiger partial charge in [-0.25, -0.2) is 4.39 Å². The van der Waals surface area contributed by atoms with E-state index in [9.17, 15) is 4.39 Å². The van der Waals surface area contributed by atoms with Crippen molar-refractivity contribution >= 4 is 15.9 Å². The predicted octanol–water partition coefficient (Wildman–Crippen LogP) is 3.45. The molecule has 0 saturated heterocycles. The zero-order valence-electron chi connectivity index (χ0n) is 9.05. The Morgan fingerprint density at radius 1 is 1.56 bits per heavy atom. The molecule has 0 aliphatic heterocycles. The molecule has 16 heavy (non-hydrogen) atoms. The van der Waals surface area contributed by atoms with Crippen molar-refractivity contribution in [2.75, 3.05) is 0 Å². The fourth-order valence-corrected chi connectivity index (χ4v) is 1.94. The van der Waals surface area contributed by atoms with Crippen LogP contribution in [-0.4, -0.2) is 0 Å². The lowest BCUT2D eigenvalue weighted by Gasteiger charge is -2.16. The van der Waals surface area contributed by atoms with Gasteiger partial charge in [0.25, 0.3) is 0 Å². The van der Waals surface area contributed by atoms with Gasteiger partial charge in [0, 0.05) is 6.04 Å². The third-order valence-corrected chi connectivity index (χ3v) is 3.06. The maximum absolute atomic E-state index is 13.1. The van der Waals surface area contributed by atoms with Gasteiger partial charge in [0.1, 0.15) is 5.82 Å². The molecule has 0 radical (unpaired) electrons. The second-order valence-electron chi connectivity index (χ2n) is 3.61. The van der Waals surface area contributed by atoms with Gasteiger partial charge in [-0.05, 0) is 52.9 Å². The van der Waals surface area contributed by atoms with E-state index in [1.807, 2.05) is 6.08 Å². The minimum atomic E-state index is -0.259. The van der Waals surface area contributed by atoms with E-state index in [1.165, 1.54) is 6.07 Å². The van der Waals surface area contributed by atoms with Crippen molar-refractivity contribution < 1.29 is 4.39 Å². The molecule has 0 bridgehead atoms. The molecule has 88 valence electrons. The van der Waals surface area contributed by atoms with Gasteiger partial charge >= 0.3 is 0 Å². The van der Waals surface area contributed by atoms with Crippen LogP contribution in [0.15, 0.2) is 35.3 Å². The van der Waals surface area contributed by atoms with Crippen LogP contribution in [0.4, 0.5) is 4.39 Å². The van der Waals surface area contributed by atoms with Crippen LogP contribution in [0.1, 0.15) is 30.9 Å². The monoisotopic (exact) mass is 286 g/mol. The number of hydrogen-bond acceptors (Lipinski definition) is 2. The average molecular weight is 287 g/mol. The lowest BCUT2D eigenvalue weighted by molar-refractivity contribution is 0.499. The minimum absolute atomic E-state index is 0.0526. The molecule has 1 aromatic carbocycles. The smallest absolute Gasteiger partial charge is 0.137 e. The molecule has 1 atom stereocenters. The molecule has 2 nitrogen and oxygen atoms in total. The summed E-state index contributed by atoms with van der Waals surface area (Å²) < 4.78 is 13.5. The number of unbranched alkanes of at least 4 members (excludes halogenated alkanes) is 1. The number of hydrazine groups is 1. The second-order valence-corrected chi connectivity index (χ2v) is 4.47. The highest BCUT2D eigenvalue weighted by molar-refractivity contribution is 9.10. The van der Waals surface area contributed by atoms with Crippen molar-refractivity contribution in [3.63, 3.8) is 0 Å².